The molecule has 208 valence electrons. The lowest BCUT2D eigenvalue weighted by atomic mass is 10.1. The minimum atomic E-state index is -4.93. The molecule has 4 rings (SSSR count). The van der Waals surface area contributed by atoms with Gasteiger partial charge >= 0.3 is 6.18 Å². The third-order valence-corrected chi connectivity index (χ3v) is 9.03. The summed E-state index contributed by atoms with van der Waals surface area (Å²) in [5.41, 5.74) is 1.58. The van der Waals surface area contributed by atoms with E-state index in [0.29, 0.717) is 11.8 Å². The van der Waals surface area contributed by atoms with E-state index in [1.165, 1.54) is 30.3 Å². The van der Waals surface area contributed by atoms with Gasteiger partial charge in [-0.05, 0) is 67.4 Å². The van der Waals surface area contributed by atoms with Crippen LogP contribution in [-0.4, -0.2) is 20.9 Å². The van der Waals surface area contributed by atoms with Gasteiger partial charge in [0, 0.05) is 16.3 Å². The molecule has 2 N–H and O–H groups in total. The van der Waals surface area contributed by atoms with Crippen molar-refractivity contribution in [3.05, 3.63) is 113 Å². The number of carbonyl (C=O) groups is 1. The van der Waals surface area contributed by atoms with E-state index in [9.17, 15) is 26.4 Å². The topological polar surface area (TPSA) is 75.3 Å². The van der Waals surface area contributed by atoms with Crippen LogP contribution in [0.2, 0.25) is 0 Å². The Balaban J connectivity index is 1.50. The minimum Gasteiger partial charge on any atom is -0.375 e. The molecule has 0 saturated heterocycles. The standard InChI is InChI=1S/C30H27F3N2O3S2/c1-20-11-14-24(15-12-20)40(37,38)29-25(30(31,32)33)9-6-10-27(29)34-18-28(36)35-26-16-13-22(17-21(26)2)19-39-23-7-4-3-5-8-23/h3-17,34H,18-19H2,1-2H3,(H,35,36). The van der Waals surface area contributed by atoms with E-state index in [1.807, 2.05) is 49.4 Å². The zero-order valence-corrected chi connectivity index (χ0v) is 23.4. The maximum absolute atomic E-state index is 13.9. The average Bonchev–Trinajstić information content (AvgIpc) is 2.92. The minimum absolute atomic E-state index is 0.275. The van der Waals surface area contributed by atoms with Crippen molar-refractivity contribution in [2.45, 2.75) is 40.5 Å². The van der Waals surface area contributed by atoms with Gasteiger partial charge in [-0.25, -0.2) is 8.42 Å². The lowest BCUT2D eigenvalue weighted by Gasteiger charge is -2.18. The van der Waals surface area contributed by atoms with Crippen molar-refractivity contribution >= 4 is 38.9 Å². The number of rotatable bonds is 9. The Morgan fingerprint density at radius 3 is 2.20 bits per heavy atom. The van der Waals surface area contributed by atoms with E-state index in [0.717, 1.165) is 33.4 Å². The van der Waals surface area contributed by atoms with Crippen molar-refractivity contribution in [2.75, 3.05) is 17.2 Å². The molecule has 0 saturated carbocycles. The van der Waals surface area contributed by atoms with Gasteiger partial charge in [-0.1, -0.05) is 54.1 Å². The Hall–Kier alpha value is -3.76. The SMILES string of the molecule is Cc1ccc(S(=O)(=O)c2c(NCC(=O)Nc3ccc(CSc4ccccc4)cc3C)cccc2C(F)(F)F)cc1. The highest BCUT2D eigenvalue weighted by Gasteiger charge is 2.39. The van der Waals surface area contributed by atoms with E-state index < -0.39 is 38.9 Å². The number of nitrogens with one attached hydrogen (secondary N) is 2. The number of hydrogen-bond acceptors (Lipinski definition) is 5. The van der Waals surface area contributed by atoms with Crippen LogP contribution in [0.5, 0.6) is 0 Å². The quantitative estimate of drug-likeness (QED) is 0.199. The molecule has 4 aromatic rings. The smallest absolute Gasteiger partial charge is 0.375 e. The molecule has 0 aliphatic rings. The number of carbonyl (C=O) groups excluding carboxylic acids is 1. The van der Waals surface area contributed by atoms with Crippen molar-refractivity contribution < 1.29 is 26.4 Å². The molecule has 0 unspecified atom stereocenters. The van der Waals surface area contributed by atoms with E-state index in [2.05, 4.69) is 10.6 Å². The Kier molecular flexibility index (Phi) is 8.90. The summed E-state index contributed by atoms with van der Waals surface area (Å²) in [6.45, 7) is 3.15. The summed E-state index contributed by atoms with van der Waals surface area (Å²) in [5, 5.41) is 5.35. The predicted octanol–water partition coefficient (Wildman–Crippen LogP) is 7.50. The number of aryl methyl sites for hydroxylation is 2. The Morgan fingerprint density at radius 1 is 0.850 bits per heavy atom. The van der Waals surface area contributed by atoms with Crippen LogP contribution in [0.15, 0.2) is 106 Å². The van der Waals surface area contributed by atoms with Crippen LogP contribution >= 0.6 is 11.8 Å². The fourth-order valence-corrected chi connectivity index (χ4v) is 6.53. The molecule has 0 radical (unpaired) electrons. The van der Waals surface area contributed by atoms with Crippen LogP contribution < -0.4 is 10.6 Å². The zero-order chi connectivity index (χ0) is 28.9. The molecule has 0 spiro atoms. The Labute approximate surface area is 235 Å². The van der Waals surface area contributed by atoms with Crippen LogP contribution in [0.25, 0.3) is 0 Å². The van der Waals surface area contributed by atoms with Gasteiger partial charge in [0.1, 0.15) is 4.90 Å². The summed E-state index contributed by atoms with van der Waals surface area (Å²) >= 11 is 1.69. The summed E-state index contributed by atoms with van der Waals surface area (Å²) < 4.78 is 68.3. The van der Waals surface area contributed by atoms with Crippen LogP contribution in [0.1, 0.15) is 22.3 Å². The first-order valence-electron chi connectivity index (χ1n) is 12.3. The van der Waals surface area contributed by atoms with Crippen LogP contribution in [-0.2, 0) is 26.6 Å². The third-order valence-electron chi connectivity index (χ3n) is 6.07. The molecule has 0 fully saturated rings. The van der Waals surface area contributed by atoms with Crippen molar-refractivity contribution in [1.29, 1.82) is 0 Å². The highest BCUT2D eigenvalue weighted by molar-refractivity contribution is 7.98. The monoisotopic (exact) mass is 584 g/mol. The first-order chi connectivity index (χ1) is 18.9. The van der Waals surface area contributed by atoms with Gasteiger partial charge in [-0.3, -0.25) is 4.79 Å². The maximum Gasteiger partial charge on any atom is 0.417 e. The van der Waals surface area contributed by atoms with Crippen LogP contribution in [0.4, 0.5) is 24.5 Å². The summed E-state index contributed by atoms with van der Waals surface area (Å²) in [6.07, 6.45) is -4.93. The number of alkyl halides is 3. The lowest BCUT2D eigenvalue weighted by molar-refractivity contribution is -0.139. The molecule has 10 heteroatoms. The number of amides is 1. The molecule has 0 atom stereocenters. The summed E-state index contributed by atoms with van der Waals surface area (Å²) in [4.78, 5) is 12.7. The normalized spacial score (nSPS) is 11.7. The molecule has 40 heavy (non-hydrogen) atoms. The summed E-state index contributed by atoms with van der Waals surface area (Å²) in [7, 11) is -4.56. The molecular weight excluding hydrogens is 557 g/mol. The molecule has 0 bridgehead atoms. The number of sulfone groups is 1. The zero-order valence-electron chi connectivity index (χ0n) is 21.7. The highest BCUT2D eigenvalue weighted by atomic mass is 32.2. The van der Waals surface area contributed by atoms with Gasteiger partial charge in [0.05, 0.1) is 22.7 Å². The van der Waals surface area contributed by atoms with Gasteiger partial charge in [0.15, 0.2) is 0 Å². The molecule has 0 aromatic heterocycles. The third kappa shape index (κ3) is 7.05. The van der Waals surface area contributed by atoms with E-state index in [-0.39, 0.29) is 10.6 Å². The van der Waals surface area contributed by atoms with Gasteiger partial charge < -0.3 is 10.6 Å². The van der Waals surface area contributed by atoms with Gasteiger partial charge in [0.2, 0.25) is 15.7 Å². The van der Waals surface area contributed by atoms with Gasteiger partial charge in [0.25, 0.3) is 0 Å². The number of halogens is 3. The molecule has 0 aliphatic heterocycles. The predicted molar refractivity (Wildman–Crippen MR) is 152 cm³/mol. The summed E-state index contributed by atoms with van der Waals surface area (Å²) in [6, 6.07) is 24.2. The van der Waals surface area contributed by atoms with Crippen molar-refractivity contribution in [2.24, 2.45) is 0 Å². The maximum atomic E-state index is 13.9. The molecule has 1 amide bonds. The number of benzene rings is 4. The molecule has 4 aromatic carbocycles. The van der Waals surface area contributed by atoms with E-state index >= 15 is 0 Å². The van der Waals surface area contributed by atoms with Gasteiger partial charge in [-0.15, -0.1) is 11.8 Å². The van der Waals surface area contributed by atoms with Crippen molar-refractivity contribution in [3.8, 4) is 0 Å². The number of thioether (sulfide) groups is 1. The fourth-order valence-electron chi connectivity index (χ4n) is 4.03. The van der Waals surface area contributed by atoms with E-state index in [1.54, 1.807) is 24.8 Å². The average molecular weight is 585 g/mol. The Bertz CT molecular complexity index is 1610. The second-order valence-electron chi connectivity index (χ2n) is 9.15. The molecule has 0 aliphatic carbocycles. The van der Waals surface area contributed by atoms with Gasteiger partial charge in [-0.2, -0.15) is 13.2 Å². The summed E-state index contributed by atoms with van der Waals surface area (Å²) in [5.74, 6) is 0.208. The lowest BCUT2D eigenvalue weighted by Crippen LogP contribution is -2.24. The van der Waals surface area contributed by atoms with Crippen molar-refractivity contribution in [1.82, 2.24) is 0 Å². The van der Waals surface area contributed by atoms with Crippen LogP contribution in [0, 0.1) is 13.8 Å². The second-order valence-corrected chi connectivity index (χ2v) is 12.1. The first-order valence-corrected chi connectivity index (χ1v) is 14.7. The second kappa shape index (κ2) is 12.2. The first kappa shape index (κ1) is 29.2. The Morgan fingerprint density at radius 2 is 1.55 bits per heavy atom. The largest absolute Gasteiger partial charge is 0.417 e. The fraction of sp³-hybridized carbons (Fsp3) is 0.167. The molecular formula is C30H27F3N2O3S2. The van der Waals surface area contributed by atoms with E-state index in [4.69, 9.17) is 0 Å². The highest BCUT2D eigenvalue weighted by Crippen LogP contribution is 2.40. The van der Waals surface area contributed by atoms with Crippen molar-refractivity contribution in [3.63, 3.8) is 0 Å². The van der Waals surface area contributed by atoms with Crippen LogP contribution in [0.3, 0.4) is 0 Å². The molecule has 0 heterocycles. The molecule has 5 nitrogen and oxygen atoms in total. The number of hydrogen-bond donors (Lipinski definition) is 2. The number of anilines is 2.